The van der Waals surface area contributed by atoms with E-state index in [0.29, 0.717) is 17.7 Å². The number of hydrogen-bond acceptors (Lipinski definition) is 5. The number of methoxy groups -OCH3 is 1. The molecule has 2 heterocycles. The van der Waals surface area contributed by atoms with Crippen LogP contribution >= 0.6 is 11.3 Å². The van der Waals surface area contributed by atoms with Crippen molar-refractivity contribution in [1.29, 1.82) is 0 Å². The highest BCUT2D eigenvalue weighted by Crippen LogP contribution is 2.23. The van der Waals surface area contributed by atoms with E-state index in [1.165, 1.54) is 18.4 Å². The van der Waals surface area contributed by atoms with Gasteiger partial charge in [-0.1, -0.05) is 0 Å². The molecular weight excluding hydrogens is 256 g/mol. The molecule has 1 saturated heterocycles. The fourth-order valence-corrected chi connectivity index (χ4v) is 2.45. The second-order valence-corrected chi connectivity index (χ2v) is 4.57. The zero-order valence-corrected chi connectivity index (χ0v) is 10.5. The largest absolute Gasteiger partial charge is 0.495 e. The summed E-state index contributed by atoms with van der Waals surface area (Å²) in [6.07, 6.45) is 0.556. The average molecular weight is 268 g/mol. The van der Waals surface area contributed by atoms with Gasteiger partial charge in [0.1, 0.15) is 11.8 Å². The lowest BCUT2D eigenvalue weighted by molar-refractivity contribution is -0.134. The number of thiophene rings is 1. The molecule has 6 nitrogen and oxygen atoms in total. The number of piperidine rings is 1. The molecule has 0 saturated carbocycles. The van der Waals surface area contributed by atoms with Gasteiger partial charge in [0.2, 0.25) is 11.8 Å². The Morgan fingerprint density at radius 3 is 2.94 bits per heavy atom. The molecule has 96 valence electrons. The van der Waals surface area contributed by atoms with Crippen molar-refractivity contribution in [2.24, 2.45) is 0 Å². The molecule has 0 aromatic carbocycles. The van der Waals surface area contributed by atoms with Gasteiger partial charge in [-0.05, 0) is 6.42 Å². The van der Waals surface area contributed by atoms with Crippen molar-refractivity contribution in [3.8, 4) is 5.75 Å². The Morgan fingerprint density at radius 2 is 2.28 bits per heavy atom. The van der Waals surface area contributed by atoms with E-state index >= 15 is 0 Å². The van der Waals surface area contributed by atoms with Crippen molar-refractivity contribution >= 4 is 29.1 Å². The summed E-state index contributed by atoms with van der Waals surface area (Å²) in [6, 6.07) is -0.667. The lowest BCUT2D eigenvalue weighted by Crippen LogP contribution is -2.52. The molecule has 1 fully saturated rings. The molecule has 3 amide bonds. The molecule has 1 atom stereocenters. The summed E-state index contributed by atoms with van der Waals surface area (Å²) in [5, 5.41) is 8.14. The summed E-state index contributed by atoms with van der Waals surface area (Å²) in [5.74, 6) is -0.667. The van der Waals surface area contributed by atoms with Crippen LogP contribution in [0.5, 0.6) is 5.75 Å². The topological polar surface area (TPSA) is 84.5 Å². The van der Waals surface area contributed by atoms with E-state index in [-0.39, 0.29) is 18.2 Å². The maximum Gasteiger partial charge on any atom is 0.256 e. The van der Waals surface area contributed by atoms with Crippen LogP contribution in [0.4, 0.5) is 0 Å². The Bertz CT molecular complexity index is 497. The van der Waals surface area contributed by atoms with E-state index in [2.05, 4.69) is 10.6 Å². The van der Waals surface area contributed by atoms with Crippen molar-refractivity contribution in [1.82, 2.24) is 10.6 Å². The number of amides is 3. The minimum absolute atomic E-state index is 0.234. The number of carbonyl (C=O) groups excluding carboxylic acids is 3. The van der Waals surface area contributed by atoms with Gasteiger partial charge < -0.3 is 10.1 Å². The lowest BCUT2D eigenvalue weighted by Gasteiger charge is -2.21. The Labute approximate surface area is 107 Å². The summed E-state index contributed by atoms with van der Waals surface area (Å²) in [7, 11) is 1.48. The van der Waals surface area contributed by atoms with Crippen LogP contribution in [0.3, 0.4) is 0 Å². The van der Waals surface area contributed by atoms with Crippen LogP contribution in [0, 0.1) is 0 Å². The molecule has 7 heteroatoms. The van der Waals surface area contributed by atoms with Gasteiger partial charge in [-0.3, -0.25) is 19.7 Å². The normalized spacial score (nSPS) is 19.3. The Balaban J connectivity index is 2.03. The number of nitrogens with one attached hydrogen (secondary N) is 2. The molecule has 1 aromatic rings. The summed E-state index contributed by atoms with van der Waals surface area (Å²) in [5.41, 5.74) is 0.396. The number of hydrogen-bond donors (Lipinski definition) is 2. The van der Waals surface area contributed by atoms with Crippen LogP contribution in [0.1, 0.15) is 23.2 Å². The van der Waals surface area contributed by atoms with Crippen molar-refractivity contribution < 1.29 is 19.1 Å². The molecule has 1 aromatic heterocycles. The van der Waals surface area contributed by atoms with Gasteiger partial charge in [0.25, 0.3) is 5.91 Å². The molecule has 0 bridgehead atoms. The molecular formula is C11H12N2O4S. The quantitative estimate of drug-likeness (QED) is 0.772. The Kier molecular flexibility index (Phi) is 3.61. The number of imide groups is 1. The third kappa shape index (κ3) is 2.51. The Hall–Kier alpha value is -1.89. The molecule has 0 spiro atoms. The summed E-state index contributed by atoms with van der Waals surface area (Å²) >= 11 is 1.34. The fraction of sp³-hybridized carbons (Fsp3) is 0.364. The zero-order chi connectivity index (χ0) is 13.1. The molecule has 18 heavy (non-hydrogen) atoms. The molecule has 0 radical (unpaired) electrons. The smallest absolute Gasteiger partial charge is 0.256 e. The third-order valence-electron chi connectivity index (χ3n) is 2.64. The zero-order valence-electron chi connectivity index (χ0n) is 9.69. The molecule has 2 rings (SSSR count). The highest BCUT2D eigenvalue weighted by molar-refractivity contribution is 7.08. The lowest BCUT2D eigenvalue weighted by atomic mass is 10.1. The van der Waals surface area contributed by atoms with Crippen molar-refractivity contribution in [3.05, 3.63) is 16.3 Å². The minimum Gasteiger partial charge on any atom is -0.495 e. The highest BCUT2D eigenvalue weighted by Gasteiger charge is 2.28. The maximum atomic E-state index is 11.9. The summed E-state index contributed by atoms with van der Waals surface area (Å²) < 4.78 is 5.03. The average Bonchev–Trinajstić information content (AvgIpc) is 2.81. The van der Waals surface area contributed by atoms with Gasteiger partial charge in [0, 0.05) is 17.2 Å². The predicted octanol–water partition coefficient (Wildman–Crippen LogP) is 0.292. The summed E-state index contributed by atoms with van der Waals surface area (Å²) in [6.45, 7) is 0. The second-order valence-electron chi connectivity index (χ2n) is 3.83. The molecule has 1 aliphatic rings. The van der Waals surface area contributed by atoms with E-state index in [0.717, 1.165) is 0 Å². The van der Waals surface area contributed by atoms with Crippen molar-refractivity contribution in [2.75, 3.05) is 7.11 Å². The molecule has 0 aliphatic carbocycles. The van der Waals surface area contributed by atoms with Gasteiger partial charge in [0.15, 0.2) is 0 Å². The third-order valence-corrected chi connectivity index (χ3v) is 3.36. The van der Waals surface area contributed by atoms with Crippen molar-refractivity contribution in [3.63, 3.8) is 0 Å². The van der Waals surface area contributed by atoms with E-state index in [4.69, 9.17) is 4.74 Å². The van der Waals surface area contributed by atoms with Gasteiger partial charge in [0.05, 0.1) is 12.7 Å². The first-order valence-electron chi connectivity index (χ1n) is 5.36. The molecule has 1 aliphatic heterocycles. The Morgan fingerprint density at radius 1 is 1.50 bits per heavy atom. The van der Waals surface area contributed by atoms with E-state index in [9.17, 15) is 14.4 Å². The highest BCUT2D eigenvalue weighted by atomic mass is 32.1. The second kappa shape index (κ2) is 5.18. The van der Waals surface area contributed by atoms with E-state index in [1.54, 1.807) is 10.8 Å². The number of carbonyl (C=O) groups is 3. The van der Waals surface area contributed by atoms with Crippen molar-refractivity contribution in [2.45, 2.75) is 18.9 Å². The number of ether oxygens (including phenoxy) is 1. The minimum atomic E-state index is -0.667. The van der Waals surface area contributed by atoms with E-state index < -0.39 is 11.9 Å². The predicted molar refractivity (Wildman–Crippen MR) is 64.5 cm³/mol. The number of rotatable bonds is 3. The van der Waals surface area contributed by atoms with Crippen LogP contribution in [-0.2, 0) is 9.59 Å². The van der Waals surface area contributed by atoms with Gasteiger partial charge in [-0.25, -0.2) is 0 Å². The molecule has 2 N–H and O–H groups in total. The van der Waals surface area contributed by atoms with Crippen LogP contribution in [-0.4, -0.2) is 30.9 Å². The first kappa shape index (κ1) is 12.6. The van der Waals surface area contributed by atoms with Crippen LogP contribution in [0.15, 0.2) is 10.8 Å². The van der Waals surface area contributed by atoms with E-state index in [1.807, 2.05) is 0 Å². The van der Waals surface area contributed by atoms with Gasteiger partial charge >= 0.3 is 0 Å². The van der Waals surface area contributed by atoms with Crippen LogP contribution in [0.25, 0.3) is 0 Å². The standard InChI is InChI=1S/C11H12N2O4S/c1-17-8-5-18-4-6(8)10(15)12-7-2-3-9(14)13-11(7)16/h4-5,7H,2-3H2,1H3,(H,12,15)(H,13,14,16). The molecule has 1 unspecified atom stereocenters. The summed E-state index contributed by atoms with van der Waals surface area (Å²) in [4.78, 5) is 34.4. The SMILES string of the molecule is COc1cscc1C(=O)NC1CCC(=O)NC1=O. The first-order chi connectivity index (χ1) is 8.61. The van der Waals surface area contributed by atoms with Crippen LogP contribution < -0.4 is 15.4 Å². The van der Waals surface area contributed by atoms with Crippen LogP contribution in [0.2, 0.25) is 0 Å². The first-order valence-corrected chi connectivity index (χ1v) is 6.31. The maximum absolute atomic E-state index is 11.9. The monoisotopic (exact) mass is 268 g/mol. The van der Waals surface area contributed by atoms with Gasteiger partial charge in [-0.15, -0.1) is 11.3 Å². The van der Waals surface area contributed by atoms with Gasteiger partial charge in [-0.2, -0.15) is 0 Å². The fourth-order valence-electron chi connectivity index (χ4n) is 1.68.